The third kappa shape index (κ3) is 8.23. The van der Waals surface area contributed by atoms with Gasteiger partial charge in [0.25, 0.3) is 0 Å². The molecular formula is C33H30F3N7O3S. The Morgan fingerprint density at radius 3 is 2.17 bits per heavy atom. The predicted molar refractivity (Wildman–Crippen MR) is 175 cm³/mol. The Balaban J connectivity index is 1.30. The second-order valence-electron chi connectivity index (χ2n) is 10.4. The van der Waals surface area contributed by atoms with Crippen LogP contribution in [0.25, 0.3) is 11.1 Å². The molecule has 1 heterocycles. The van der Waals surface area contributed by atoms with Gasteiger partial charge in [-0.25, -0.2) is 18.8 Å². The van der Waals surface area contributed by atoms with Crippen molar-refractivity contribution in [2.75, 3.05) is 27.9 Å². The number of aliphatic hydroxyl groups is 1. The standard InChI is InChI=1S/C33H30F3N7O3S/c1-21(20-44)39-30-29(22-10-12-25(13-11-22)41-32(45)42-26-7-5-6-23(18-26)33(34,35)36)19-38-31(43-30)40-24-14-16-28(17-15-24)47(37,46)27-8-3-2-4-9-27/h2-19,21,37,44H,20H2,1H3,(H2,41,42,45)(H2,38,39,40,43)/t21-,47?/m1/s1. The van der Waals surface area contributed by atoms with Gasteiger partial charge in [-0.1, -0.05) is 36.4 Å². The lowest BCUT2D eigenvalue weighted by Crippen LogP contribution is -2.21. The Labute approximate surface area is 269 Å². The summed E-state index contributed by atoms with van der Waals surface area (Å²) in [6.07, 6.45) is -2.95. The van der Waals surface area contributed by atoms with Crippen molar-refractivity contribution < 1.29 is 27.3 Å². The zero-order valence-corrected chi connectivity index (χ0v) is 25.7. The lowest BCUT2D eigenvalue weighted by atomic mass is 10.1. The highest BCUT2D eigenvalue weighted by Crippen LogP contribution is 2.32. The monoisotopic (exact) mass is 661 g/mol. The first-order valence-electron chi connectivity index (χ1n) is 14.2. The van der Waals surface area contributed by atoms with E-state index in [2.05, 4.69) is 31.2 Å². The molecule has 0 bridgehead atoms. The number of hydrogen-bond donors (Lipinski definition) is 6. The first kappa shape index (κ1) is 32.9. The van der Waals surface area contributed by atoms with Crippen molar-refractivity contribution in [3.05, 3.63) is 115 Å². The van der Waals surface area contributed by atoms with Gasteiger partial charge in [-0.3, -0.25) is 0 Å². The van der Waals surface area contributed by atoms with Gasteiger partial charge in [-0.2, -0.15) is 18.2 Å². The first-order valence-corrected chi connectivity index (χ1v) is 15.8. The van der Waals surface area contributed by atoms with Crippen LogP contribution in [0.2, 0.25) is 0 Å². The largest absolute Gasteiger partial charge is 0.416 e. The zero-order valence-electron chi connectivity index (χ0n) is 24.9. The van der Waals surface area contributed by atoms with Crippen LogP contribution in [-0.4, -0.2) is 38.0 Å². The van der Waals surface area contributed by atoms with Gasteiger partial charge in [-0.05, 0) is 79.2 Å². The van der Waals surface area contributed by atoms with Crippen molar-refractivity contribution in [1.82, 2.24) is 9.97 Å². The summed E-state index contributed by atoms with van der Waals surface area (Å²) in [6, 6.07) is 25.1. The molecule has 1 unspecified atom stereocenters. The number of aromatic nitrogens is 2. The van der Waals surface area contributed by atoms with Crippen LogP contribution in [0.1, 0.15) is 12.5 Å². The molecule has 0 aliphatic carbocycles. The van der Waals surface area contributed by atoms with E-state index in [4.69, 9.17) is 4.78 Å². The maximum atomic E-state index is 13.1. The Hall–Kier alpha value is -5.47. The number of alkyl halides is 3. The third-order valence-electron chi connectivity index (χ3n) is 6.86. The van der Waals surface area contributed by atoms with Crippen molar-refractivity contribution >= 4 is 44.6 Å². The van der Waals surface area contributed by atoms with E-state index >= 15 is 0 Å². The number of aliphatic hydroxyl groups excluding tert-OH is 1. The molecule has 0 saturated heterocycles. The van der Waals surface area contributed by atoms with Gasteiger partial charge in [0.05, 0.1) is 22.0 Å². The maximum absolute atomic E-state index is 13.1. The lowest BCUT2D eigenvalue weighted by molar-refractivity contribution is -0.137. The summed E-state index contributed by atoms with van der Waals surface area (Å²) in [5.74, 6) is 0.662. The van der Waals surface area contributed by atoms with Gasteiger partial charge in [0, 0.05) is 34.9 Å². The Kier molecular flexibility index (Phi) is 9.72. The van der Waals surface area contributed by atoms with Crippen LogP contribution in [0.5, 0.6) is 0 Å². The minimum absolute atomic E-state index is 0.00680. The molecule has 0 aliphatic rings. The minimum atomic E-state index is -4.53. The first-order chi connectivity index (χ1) is 22.4. The average Bonchev–Trinajstić information content (AvgIpc) is 3.06. The normalized spacial score (nSPS) is 13.2. The fourth-order valence-corrected chi connectivity index (χ4v) is 5.78. The highest BCUT2D eigenvalue weighted by molar-refractivity contribution is 7.92. The smallest absolute Gasteiger partial charge is 0.394 e. The molecule has 0 spiro atoms. The highest BCUT2D eigenvalue weighted by Gasteiger charge is 2.30. The molecule has 2 amide bonds. The number of benzene rings is 4. The van der Waals surface area contributed by atoms with E-state index in [1.807, 2.05) is 0 Å². The van der Waals surface area contributed by atoms with E-state index in [0.29, 0.717) is 38.1 Å². The van der Waals surface area contributed by atoms with Gasteiger partial charge in [0.15, 0.2) is 0 Å². The molecule has 0 fully saturated rings. The molecule has 6 N–H and O–H groups in total. The quantitative estimate of drug-likeness (QED) is 0.0893. The molecule has 4 aromatic carbocycles. The summed E-state index contributed by atoms with van der Waals surface area (Å²) in [7, 11) is -3.18. The SMILES string of the molecule is C[C@H](CO)Nc1nc(Nc2ccc(S(=N)(=O)c3ccccc3)cc2)ncc1-c1ccc(NC(=O)Nc2cccc(C(F)(F)F)c2)cc1. The van der Waals surface area contributed by atoms with Crippen LogP contribution >= 0.6 is 0 Å². The predicted octanol–water partition coefficient (Wildman–Crippen LogP) is 7.81. The number of halogens is 3. The van der Waals surface area contributed by atoms with Crippen molar-refractivity contribution in [2.45, 2.75) is 28.9 Å². The summed E-state index contributed by atoms with van der Waals surface area (Å²) < 4.78 is 60.5. The molecular weight excluding hydrogens is 631 g/mol. The Morgan fingerprint density at radius 2 is 1.51 bits per heavy atom. The van der Waals surface area contributed by atoms with Crippen molar-refractivity contribution in [3.63, 3.8) is 0 Å². The minimum Gasteiger partial charge on any atom is -0.394 e. The summed E-state index contributed by atoms with van der Waals surface area (Å²) >= 11 is 0. The second kappa shape index (κ2) is 13.9. The number of nitrogens with one attached hydrogen (secondary N) is 5. The zero-order chi connectivity index (χ0) is 33.6. The number of rotatable bonds is 10. The molecule has 0 radical (unpaired) electrons. The molecule has 1 aromatic heterocycles. The number of hydrogen-bond acceptors (Lipinski definition) is 8. The topological polar surface area (TPSA) is 152 Å². The van der Waals surface area contributed by atoms with Crippen LogP contribution in [0.3, 0.4) is 0 Å². The maximum Gasteiger partial charge on any atom is 0.416 e. The van der Waals surface area contributed by atoms with Gasteiger partial charge < -0.3 is 26.4 Å². The number of urea groups is 1. The van der Waals surface area contributed by atoms with E-state index in [0.717, 1.165) is 12.1 Å². The van der Waals surface area contributed by atoms with Crippen LogP contribution in [0.4, 0.5) is 46.8 Å². The number of carbonyl (C=O) groups excluding carboxylic acids is 1. The van der Waals surface area contributed by atoms with E-state index < -0.39 is 27.5 Å². The molecule has 47 heavy (non-hydrogen) atoms. The van der Waals surface area contributed by atoms with Crippen LogP contribution in [0.15, 0.2) is 119 Å². The van der Waals surface area contributed by atoms with E-state index in [-0.39, 0.29) is 24.3 Å². The summed E-state index contributed by atoms with van der Waals surface area (Å²) in [6.45, 7) is 1.62. The van der Waals surface area contributed by atoms with Crippen LogP contribution < -0.4 is 21.3 Å². The molecule has 5 rings (SSSR count). The van der Waals surface area contributed by atoms with Gasteiger partial charge in [0.1, 0.15) is 15.5 Å². The second-order valence-corrected chi connectivity index (χ2v) is 12.5. The van der Waals surface area contributed by atoms with Crippen molar-refractivity contribution in [2.24, 2.45) is 0 Å². The van der Waals surface area contributed by atoms with Crippen molar-refractivity contribution in [3.8, 4) is 11.1 Å². The van der Waals surface area contributed by atoms with Crippen molar-refractivity contribution in [1.29, 1.82) is 4.78 Å². The molecule has 242 valence electrons. The number of carbonyl (C=O) groups is 1. The molecule has 10 nitrogen and oxygen atoms in total. The third-order valence-corrected chi connectivity index (χ3v) is 8.74. The van der Waals surface area contributed by atoms with Gasteiger partial charge in [-0.15, -0.1) is 0 Å². The number of anilines is 5. The Morgan fingerprint density at radius 1 is 0.872 bits per heavy atom. The summed E-state index contributed by atoms with van der Waals surface area (Å²) in [5, 5.41) is 20.9. The lowest BCUT2D eigenvalue weighted by Gasteiger charge is -2.17. The summed E-state index contributed by atoms with van der Waals surface area (Å²) in [5.41, 5.74) is 1.40. The molecule has 0 aliphatic heterocycles. The van der Waals surface area contributed by atoms with Crippen LogP contribution in [0, 0.1) is 4.78 Å². The van der Waals surface area contributed by atoms with Gasteiger partial charge >= 0.3 is 12.2 Å². The fraction of sp³-hybridized carbons (Fsp3) is 0.121. The Bertz CT molecular complexity index is 1960. The van der Waals surface area contributed by atoms with Crippen LogP contribution in [-0.2, 0) is 15.9 Å². The molecule has 0 saturated carbocycles. The molecule has 2 atom stereocenters. The van der Waals surface area contributed by atoms with E-state index in [1.165, 1.54) is 12.1 Å². The fourth-order valence-electron chi connectivity index (χ4n) is 4.45. The number of nitrogens with zero attached hydrogens (tertiary/aromatic N) is 2. The van der Waals surface area contributed by atoms with E-state index in [9.17, 15) is 27.3 Å². The van der Waals surface area contributed by atoms with E-state index in [1.54, 1.807) is 92.0 Å². The molecule has 5 aromatic rings. The number of amides is 2. The summed E-state index contributed by atoms with van der Waals surface area (Å²) in [4.78, 5) is 22.2. The van der Waals surface area contributed by atoms with Gasteiger partial charge in [0.2, 0.25) is 5.95 Å². The molecule has 14 heteroatoms. The highest BCUT2D eigenvalue weighted by atomic mass is 32.2. The average molecular weight is 662 g/mol.